The van der Waals surface area contributed by atoms with E-state index in [1.807, 2.05) is 0 Å². The first-order chi connectivity index (χ1) is 13.7. The van der Waals surface area contributed by atoms with Gasteiger partial charge in [0.05, 0.1) is 52.4 Å². The Hall–Kier alpha value is -1.26. The zero-order valence-electron chi connectivity index (χ0n) is 16.7. The molecule has 1 rings (SSSR count). The largest absolute Gasteiger partial charge is 0.481 e. The number of piperidine rings is 1. The Labute approximate surface area is 167 Å². The molecule has 1 aliphatic heterocycles. The van der Waals surface area contributed by atoms with Gasteiger partial charge in [0.2, 0.25) is 0 Å². The lowest BCUT2D eigenvalue weighted by Gasteiger charge is -2.22. The van der Waals surface area contributed by atoms with Crippen LogP contribution in [0.3, 0.4) is 0 Å². The van der Waals surface area contributed by atoms with Gasteiger partial charge in [-0.15, -0.1) is 0 Å². The smallest absolute Gasteiger partial charge is 0.305 e. The third kappa shape index (κ3) is 15.8. The molecule has 2 N–H and O–H groups in total. The topological polar surface area (TPSA) is 113 Å². The van der Waals surface area contributed by atoms with Crippen LogP contribution in [-0.4, -0.2) is 89.1 Å². The average Bonchev–Trinajstić information content (AvgIpc) is 2.69. The predicted octanol–water partition coefficient (Wildman–Crippen LogP) is 0.993. The van der Waals surface area contributed by atoms with Gasteiger partial charge >= 0.3 is 11.9 Å². The maximum absolute atomic E-state index is 11.4. The molecule has 0 amide bonds. The minimum Gasteiger partial charge on any atom is -0.481 e. The summed E-state index contributed by atoms with van der Waals surface area (Å²) in [6, 6.07) is 0. The number of hydrogen-bond acceptors (Lipinski definition) is 8. The fourth-order valence-electron chi connectivity index (χ4n) is 2.61. The van der Waals surface area contributed by atoms with Gasteiger partial charge in [0.1, 0.15) is 6.61 Å². The number of carboxylic acids is 1. The Morgan fingerprint density at radius 1 is 0.786 bits per heavy atom. The van der Waals surface area contributed by atoms with Crippen LogP contribution in [0.5, 0.6) is 0 Å². The second kappa shape index (κ2) is 17.8. The summed E-state index contributed by atoms with van der Waals surface area (Å²) in [4.78, 5) is 21.7. The quantitative estimate of drug-likeness (QED) is 0.255. The highest BCUT2D eigenvalue weighted by molar-refractivity contribution is 5.69. The summed E-state index contributed by atoms with van der Waals surface area (Å²) >= 11 is 0. The molecule has 1 saturated heterocycles. The number of hydrogen-bond donors (Lipinski definition) is 2. The van der Waals surface area contributed by atoms with E-state index in [4.69, 9.17) is 28.8 Å². The van der Waals surface area contributed by atoms with E-state index >= 15 is 0 Å². The number of esters is 1. The number of nitrogens with one attached hydrogen (secondary N) is 1. The lowest BCUT2D eigenvalue weighted by Crippen LogP contribution is -2.33. The van der Waals surface area contributed by atoms with Gasteiger partial charge in [0.15, 0.2) is 0 Å². The van der Waals surface area contributed by atoms with Gasteiger partial charge in [-0.1, -0.05) is 0 Å². The van der Waals surface area contributed by atoms with Crippen molar-refractivity contribution in [2.24, 2.45) is 0 Å². The molecule has 0 atom stereocenters. The summed E-state index contributed by atoms with van der Waals surface area (Å²) in [6.07, 6.45) is 3.80. The van der Waals surface area contributed by atoms with Gasteiger partial charge in [-0.2, -0.15) is 0 Å². The molecule has 0 aliphatic carbocycles. The van der Waals surface area contributed by atoms with Crippen LogP contribution < -0.4 is 5.32 Å². The zero-order chi connectivity index (χ0) is 20.3. The monoisotopic (exact) mass is 405 g/mol. The number of rotatable bonds is 18. The maximum atomic E-state index is 11.4. The molecule has 0 unspecified atom stereocenters. The highest BCUT2D eigenvalue weighted by atomic mass is 16.6. The number of carbonyl (C=O) groups excluding carboxylic acids is 1. The van der Waals surface area contributed by atoms with E-state index in [0.717, 1.165) is 25.9 Å². The van der Waals surface area contributed by atoms with Crippen LogP contribution in [0.2, 0.25) is 0 Å². The molecule has 9 nitrogen and oxygen atoms in total. The Kier molecular flexibility index (Phi) is 15.8. The standard InChI is InChI=1S/C19H35NO8/c21-18(22)3-1-2-4-19(23)28-16-14-26-12-10-24-9-11-25-13-15-27-17-5-7-20-8-6-17/h17,20H,1-16H2,(H,21,22). The number of unbranched alkanes of at least 4 members (excludes halogenated alkanes) is 1. The van der Waals surface area contributed by atoms with Crippen molar-refractivity contribution in [3.63, 3.8) is 0 Å². The molecule has 0 spiro atoms. The first-order valence-corrected chi connectivity index (χ1v) is 10.1. The van der Waals surface area contributed by atoms with Gasteiger partial charge in [0.25, 0.3) is 0 Å². The van der Waals surface area contributed by atoms with Crippen molar-refractivity contribution in [1.82, 2.24) is 5.32 Å². The van der Waals surface area contributed by atoms with Gasteiger partial charge in [0, 0.05) is 12.8 Å². The third-order valence-electron chi connectivity index (χ3n) is 4.12. The van der Waals surface area contributed by atoms with Crippen LogP contribution in [0, 0.1) is 0 Å². The molecular weight excluding hydrogens is 370 g/mol. The summed E-state index contributed by atoms with van der Waals surface area (Å²) in [5.41, 5.74) is 0. The Balaban J connectivity index is 1.72. The summed E-state index contributed by atoms with van der Waals surface area (Å²) < 4.78 is 26.9. The molecule has 1 aliphatic rings. The van der Waals surface area contributed by atoms with Crippen molar-refractivity contribution < 1.29 is 38.4 Å². The van der Waals surface area contributed by atoms with E-state index in [-0.39, 0.29) is 25.4 Å². The molecule has 1 heterocycles. The predicted molar refractivity (Wildman–Crippen MR) is 101 cm³/mol. The van der Waals surface area contributed by atoms with E-state index < -0.39 is 5.97 Å². The Bertz CT molecular complexity index is 401. The first-order valence-electron chi connectivity index (χ1n) is 10.1. The van der Waals surface area contributed by atoms with Gasteiger partial charge in [-0.3, -0.25) is 9.59 Å². The highest BCUT2D eigenvalue weighted by Gasteiger charge is 2.12. The van der Waals surface area contributed by atoms with E-state index in [0.29, 0.717) is 65.2 Å². The molecule has 0 bridgehead atoms. The number of aliphatic carboxylic acids is 1. The van der Waals surface area contributed by atoms with Crippen molar-refractivity contribution in [2.45, 2.75) is 44.6 Å². The summed E-state index contributed by atoms with van der Waals surface area (Å²) in [6.45, 7) is 5.66. The molecule has 0 saturated carbocycles. The second-order valence-electron chi connectivity index (χ2n) is 6.48. The fraction of sp³-hybridized carbons (Fsp3) is 0.895. The summed E-state index contributed by atoms with van der Waals surface area (Å²) in [5.74, 6) is -1.18. The maximum Gasteiger partial charge on any atom is 0.305 e. The molecule has 164 valence electrons. The molecule has 0 radical (unpaired) electrons. The van der Waals surface area contributed by atoms with Crippen LogP contribution in [0.4, 0.5) is 0 Å². The summed E-state index contributed by atoms with van der Waals surface area (Å²) in [5, 5.41) is 11.8. The van der Waals surface area contributed by atoms with Crippen molar-refractivity contribution in [1.29, 1.82) is 0 Å². The lowest BCUT2D eigenvalue weighted by molar-refractivity contribution is -0.146. The third-order valence-corrected chi connectivity index (χ3v) is 4.12. The highest BCUT2D eigenvalue weighted by Crippen LogP contribution is 2.06. The number of carbonyl (C=O) groups is 2. The van der Waals surface area contributed by atoms with Crippen LogP contribution in [0.15, 0.2) is 0 Å². The minimum atomic E-state index is -0.850. The molecule has 0 aromatic carbocycles. The number of carboxylic acid groups (broad SMARTS) is 1. The average molecular weight is 405 g/mol. The normalized spacial score (nSPS) is 14.9. The second-order valence-corrected chi connectivity index (χ2v) is 6.48. The van der Waals surface area contributed by atoms with Crippen molar-refractivity contribution in [3.05, 3.63) is 0 Å². The molecule has 0 aromatic rings. The summed E-state index contributed by atoms with van der Waals surface area (Å²) in [7, 11) is 0. The van der Waals surface area contributed by atoms with Crippen molar-refractivity contribution >= 4 is 11.9 Å². The van der Waals surface area contributed by atoms with Crippen LogP contribution in [0.25, 0.3) is 0 Å². The fourth-order valence-corrected chi connectivity index (χ4v) is 2.61. The molecule has 1 fully saturated rings. The van der Waals surface area contributed by atoms with Gasteiger partial charge in [-0.25, -0.2) is 0 Å². The van der Waals surface area contributed by atoms with Crippen LogP contribution in [0.1, 0.15) is 38.5 Å². The number of ether oxygens (including phenoxy) is 5. The Morgan fingerprint density at radius 2 is 1.32 bits per heavy atom. The van der Waals surface area contributed by atoms with E-state index in [2.05, 4.69) is 5.32 Å². The molecule has 28 heavy (non-hydrogen) atoms. The molecule has 0 aromatic heterocycles. The van der Waals surface area contributed by atoms with Crippen molar-refractivity contribution in [3.8, 4) is 0 Å². The molecule has 9 heteroatoms. The Morgan fingerprint density at radius 3 is 1.93 bits per heavy atom. The van der Waals surface area contributed by atoms with Gasteiger partial charge < -0.3 is 34.1 Å². The first kappa shape index (κ1) is 24.8. The van der Waals surface area contributed by atoms with Crippen LogP contribution >= 0.6 is 0 Å². The minimum absolute atomic E-state index is 0.0770. The SMILES string of the molecule is O=C(O)CCCCC(=O)OCCOCCOCCOCCOC1CCNCC1. The van der Waals surface area contributed by atoms with E-state index in [9.17, 15) is 9.59 Å². The van der Waals surface area contributed by atoms with Crippen LogP contribution in [-0.2, 0) is 33.3 Å². The van der Waals surface area contributed by atoms with E-state index in [1.165, 1.54) is 0 Å². The zero-order valence-corrected chi connectivity index (χ0v) is 16.7. The van der Waals surface area contributed by atoms with Gasteiger partial charge in [-0.05, 0) is 38.8 Å². The lowest BCUT2D eigenvalue weighted by atomic mass is 10.1. The van der Waals surface area contributed by atoms with Crippen molar-refractivity contribution in [2.75, 3.05) is 65.9 Å². The van der Waals surface area contributed by atoms with E-state index in [1.54, 1.807) is 0 Å². The molecular formula is C19H35NO8.